The second-order valence-electron chi connectivity index (χ2n) is 13.3. The number of aryl methyl sites for hydroxylation is 2. The zero-order chi connectivity index (χ0) is 34.4. The van der Waals surface area contributed by atoms with Crippen LogP contribution >= 0.6 is 0 Å². The molecule has 2 aliphatic heterocycles. The van der Waals surface area contributed by atoms with E-state index in [0.29, 0.717) is 72.4 Å². The molecule has 272 valence electrons. The zero-order valence-electron chi connectivity index (χ0n) is 28.9. The molecule has 2 aromatic heterocycles. The van der Waals surface area contributed by atoms with E-state index in [1.54, 1.807) is 9.36 Å². The van der Waals surface area contributed by atoms with Crippen LogP contribution in [0.3, 0.4) is 0 Å². The van der Waals surface area contributed by atoms with Gasteiger partial charge in [0.1, 0.15) is 29.7 Å². The lowest BCUT2D eigenvalue weighted by Gasteiger charge is -2.33. The number of hydrogen-bond acceptors (Lipinski definition) is 14. The Balaban J connectivity index is 1.20. The second kappa shape index (κ2) is 19.5. The normalized spacial score (nSPS) is 17.7. The summed E-state index contributed by atoms with van der Waals surface area (Å²) in [7, 11) is 0. The summed E-state index contributed by atoms with van der Waals surface area (Å²) in [6.45, 7) is 15.9. The van der Waals surface area contributed by atoms with Crippen molar-refractivity contribution in [1.29, 1.82) is 0 Å². The van der Waals surface area contributed by atoms with Crippen molar-refractivity contribution in [1.82, 2.24) is 40.6 Å². The van der Waals surface area contributed by atoms with Gasteiger partial charge in [-0.05, 0) is 60.5 Å². The molecule has 3 N–H and O–H groups in total. The average Bonchev–Trinajstić information content (AvgIpc) is 3.61. The maximum Gasteiger partial charge on any atom is 0.335 e. The van der Waals surface area contributed by atoms with Crippen molar-refractivity contribution in [2.45, 2.75) is 116 Å². The number of ether oxygens (including phenoxy) is 7. The van der Waals surface area contributed by atoms with Gasteiger partial charge in [-0.15, -0.1) is 10.2 Å². The number of hydrogen-bond donors (Lipinski definition) is 3. The van der Waals surface area contributed by atoms with Crippen molar-refractivity contribution in [3.05, 3.63) is 23.8 Å². The molecular formula is C31H54N8O9. The predicted molar refractivity (Wildman–Crippen MR) is 171 cm³/mol. The third-order valence-corrected chi connectivity index (χ3v) is 7.27. The van der Waals surface area contributed by atoms with Crippen molar-refractivity contribution in [2.24, 2.45) is 0 Å². The lowest BCUT2D eigenvalue weighted by atomic mass is 10.1. The minimum absolute atomic E-state index is 0.133. The maximum atomic E-state index is 12.5. The first-order valence-corrected chi connectivity index (χ1v) is 16.8. The van der Waals surface area contributed by atoms with E-state index in [4.69, 9.17) is 33.2 Å². The van der Waals surface area contributed by atoms with Gasteiger partial charge in [0, 0.05) is 26.2 Å². The first-order valence-electron chi connectivity index (χ1n) is 16.8. The Morgan fingerprint density at radius 2 is 1.42 bits per heavy atom. The number of carboxylic acid groups (broad SMARTS) is 1. The van der Waals surface area contributed by atoms with Gasteiger partial charge in [0.15, 0.2) is 12.4 Å². The van der Waals surface area contributed by atoms with Crippen LogP contribution in [0.2, 0.25) is 0 Å². The molecule has 2 aromatic rings. The largest absolute Gasteiger partial charge is 0.479 e. The molecule has 2 aliphatic rings. The smallest absolute Gasteiger partial charge is 0.335 e. The second-order valence-corrected chi connectivity index (χ2v) is 13.3. The molecule has 3 unspecified atom stereocenters. The fourth-order valence-corrected chi connectivity index (χ4v) is 4.82. The van der Waals surface area contributed by atoms with Crippen LogP contribution in [0.15, 0.2) is 12.4 Å². The minimum atomic E-state index is -1.26. The number of carboxylic acids is 1. The fourth-order valence-electron chi connectivity index (χ4n) is 4.82. The summed E-state index contributed by atoms with van der Waals surface area (Å²) in [5.74, 6) is -1.12. The van der Waals surface area contributed by atoms with Gasteiger partial charge < -0.3 is 48.9 Å². The molecule has 17 nitrogen and oxygen atoms in total. The van der Waals surface area contributed by atoms with Crippen molar-refractivity contribution in [3.8, 4) is 0 Å². The topological polar surface area (TPSA) is 187 Å². The van der Waals surface area contributed by atoms with Crippen molar-refractivity contribution < 1.29 is 43.1 Å². The van der Waals surface area contributed by atoms with Gasteiger partial charge in [-0.2, -0.15) is 0 Å². The van der Waals surface area contributed by atoms with Crippen molar-refractivity contribution in [3.63, 3.8) is 0 Å². The standard InChI is InChI=1S/C31H54N8O9/c1-22(2)46-28(13-33-9-7-11-39-15-24(35-37-39)17-45-26-20-43-21-26)47-29(30(40)41)27(48-31(3,4)5)12-32-8-6-10-38-14-23(34-36-38)16-44-25-18-42-19-25/h14-15,22,25-29,32-33H,6-13,16-21H2,1-5H3,(H,40,41). The highest BCUT2D eigenvalue weighted by molar-refractivity contribution is 5.73. The van der Waals surface area contributed by atoms with Crippen LogP contribution in [0.25, 0.3) is 0 Å². The Labute approximate surface area is 282 Å². The number of aromatic nitrogens is 6. The summed E-state index contributed by atoms with van der Waals surface area (Å²) in [6, 6.07) is 0. The molecule has 17 heteroatoms. The highest BCUT2D eigenvalue weighted by Crippen LogP contribution is 2.18. The summed E-state index contributed by atoms with van der Waals surface area (Å²) in [5, 5.41) is 33.5. The molecule has 0 bridgehead atoms. The number of rotatable bonds is 25. The van der Waals surface area contributed by atoms with Crippen LogP contribution in [-0.4, -0.2) is 136 Å². The van der Waals surface area contributed by atoms with E-state index in [0.717, 1.165) is 24.2 Å². The first kappa shape index (κ1) is 38.2. The molecule has 0 aromatic carbocycles. The molecule has 0 radical (unpaired) electrons. The van der Waals surface area contributed by atoms with Gasteiger partial charge in [-0.3, -0.25) is 9.36 Å². The van der Waals surface area contributed by atoms with Crippen LogP contribution in [0, 0.1) is 0 Å². The number of nitrogens with zero attached hydrogens (tertiary/aromatic N) is 6. The predicted octanol–water partition coefficient (Wildman–Crippen LogP) is 0.765. The highest BCUT2D eigenvalue weighted by Gasteiger charge is 2.35. The summed E-state index contributed by atoms with van der Waals surface area (Å²) >= 11 is 0. The highest BCUT2D eigenvalue weighted by atomic mass is 16.7. The fraction of sp³-hybridized carbons (Fsp3) is 0.839. The quantitative estimate of drug-likeness (QED) is 0.0984. The van der Waals surface area contributed by atoms with Gasteiger partial charge in [0.2, 0.25) is 0 Å². The molecule has 2 fully saturated rings. The Morgan fingerprint density at radius 1 is 0.896 bits per heavy atom. The summed E-state index contributed by atoms with van der Waals surface area (Å²) in [6.07, 6.45) is 2.54. The van der Waals surface area contributed by atoms with Gasteiger partial charge in [0.25, 0.3) is 0 Å². The SMILES string of the molecule is CC(C)OC(CNCCCn1cc(COC2COC2)nn1)OC(C(=O)O)C(CNCCCn1cc(COC2COC2)nn1)OC(C)(C)C. The van der Waals surface area contributed by atoms with Crippen LogP contribution in [0.4, 0.5) is 0 Å². The molecule has 0 aliphatic carbocycles. The number of carbonyl (C=O) groups is 1. The number of nitrogens with one attached hydrogen (secondary N) is 2. The van der Waals surface area contributed by atoms with E-state index < -0.39 is 30.1 Å². The molecule has 2 saturated heterocycles. The van der Waals surface area contributed by atoms with Crippen LogP contribution in [0.5, 0.6) is 0 Å². The summed E-state index contributed by atoms with van der Waals surface area (Å²) < 4.78 is 43.4. The van der Waals surface area contributed by atoms with Crippen molar-refractivity contribution in [2.75, 3.05) is 52.6 Å². The maximum absolute atomic E-state index is 12.5. The molecule has 0 saturated carbocycles. The van der Waals surface area contributed by atoms with Crippen LogP contribution in [0.1, 0.15) is 58.8 Å². The molecule has 3 atom stereocenters. The van der Waals surface area contributed by atoms with E-state index in [2.05, 4.69) is 31.3 Å². The summed E-state index contributed by atoms with van der Waals surface area (Å²) in [5.41, 5.74) is 0.952. The number of aliphatic carboxylic acids is 1. The molecule has 0 spiro atoms. The zero-order valence-corrected chi connectivity index (χ0v) is 28.9. The van der Waals surface area contributed by atoms with Gasteiger partial charge in [-0.1, -0.05) is 10.4 Å². The minimum Gasteiger partial charge on any atom is -0.479 e. The van der Waals surface area contributed by atoms with Crippen LogP contribution < -0.4 is 10.6 Å². The van der Waals surface area contributed by atoms with E-state index in [9.17, 15) is 9.90 Å². The molecule has 48 heavy (non-hydrogen) atoms. The third-order valence-electron chi connectivity index (χ3n) is 7.27. The molecular weight excluding hydrogens is 628 g/mol. The Bertz CT molecular complexity index is 1200. The Morgan fingerprint density at radius 3 is 1.85 bits per heavy atom. The van der Waals surface area contributed by atoms with E-state index in [1.165, 1.54) is 0 Å². The van der Waals surface area contributed by atoms with Crippen LogP contribution in [-0.2, 0) is 64.3 Å². The van der Waals surface area contributed by atoms with Gasteiger partial charge in [-0.25, -0.2) is 4.79 Å². The lowest BCUT2D eigenvalue weighted by Crippen LogP contribution is -2.50. The lowest BCUT2D eigenvalue weighted by molar-refractivity contribution is -0.226. The average molecular weight is 683 g/mol. The molecule has 0 amide bonds. The Hall–Kier alpha value is -2.61. The van der Waals surface area contributed by atoms with E-state index in [-0.39, 0.29) is 24.9 Å². The first-order chi connectivity index (χ1) is 23.0. The molecule has 4 heterocycles. The third kappa shape index (κ3) is 14.1. The van der Waals surface area contributed by atoms with Crippen molar-refractivity contribution >= 4 is 5.97 Å². The summed E-state index contributed by atoms with van der Waals surface area (Å²) in [4.78, 5) is 12.5. The molecule has 4 rings (SSSR count). The van der Waals surface area contributed by atoms with E-state index in [1.807, 2.05) is 47.0 Å². The van der Waals surface area contributed by atoms with Gasteiger partial charge in [0.05, 0.1) is 63.7 Å². The monoisotopic (exact) mass is 682 g/mol. The Kier molecular flexibility index (Phi) is 15.6. The van der Waals surface area contributed by atoms with Gasteiger partial charge >= 0.3 is 5.97 Å². The van der Waals surface area contributed by atoms with E-state index >= 15 is 0 Å².